The molecule has 2 aromatic rings. The second-order valence-corrected chi connectivity index (χ2v) is 11.3. The topological polar surface area (TPSA) is 0 Å². The van der Waals surface area contributed by atoms with Crippen molar-refractivity contribution in [3.63, 3.8) is 0 Å². The summed E-state index contributed by atoms with van der Waals surface area (Å²) in [6.07, 6.45) is 4.15. The molecule has 2 unspecified atom stereocenters. The van der Waals surface area contributed by atoms with Crippen LogP contribution in [0.15, 0.2) is 18.2 Å². The Morgan fingerprint density at radius 1 is 0.963 bits per heavy atom. The Kier molecular flexibility index (Phi) is 3.92. The molecule has 0 aromatic heterocycles. The molecule has 1 heterocycles. The molecule has 0 nitrogen and oxygen atoms in total. The predicted octanol–water partition coefficient (Wildman–Crippen LogP) is 6.20. The molecule has 2 aromatic carbocycles. The Morgan fingerprint density at radius 3 is 2.22 bits per heavy atom. The molecule has 4 aliphatic rings. The molecular formula is C26H32Si. The highest BCUT2D eigenvalue weighted by molar-refractivity contribution is 6.37. The van der Waals surface area contributed by atoms with Gasteiger partial charge in [0, 0.05) is 15.0 Å². The Morgan fingerprint density at radius 2 is 1.63 bits per heavy atom. The highest BCUT2D eigenvalue weighted by Crippen LogP contribution is 2.63. The summed E-state index contributed by atoms with van der Waals surface area (Å²) in [5.41, 5.74) is 14.1. The minimum Gasteiger partial charge on any atom is -0.0654 e. The van der Waals surface area contributed by atoms with Crippen molar-refractivity contribution in [2.24, 2.45) is 0 Å². The smallest absolute Gasteiger partial charge is 0.0326 e. The van der Waals surface area contributed by atoms with Crippen LogP contribution in [0.2, 0.25) is 5.54 Å². The number of benzene rings is 2. The Balaban J connectivity index is 1.73. The van der Waals surface area contributed by atoms with E-state index < -0.39 is 0 Å². The van der Waals surface area contributed by atoms with Gasteiger partial charge in [-0.25, -0.2) is 0 Å². The Bertz CT molecular complexity index is 1060. The zero-order valence-electron chi connectivity index (χ0n) is 17.7. The van der Waals surface area contributed by atoms with Gasteiger partial charge in [0.05, 0.1) is 0 Å². The average Bonchev–Trinajstić information content (AvgIpc) is 3.15. The van der Waals surface area contributed by atoms with Crippen LogP contribution >= 0.6 is 0 Å². The SMILES string of the molecule is CCCCC1[SiH]=c2c(C)c3c4c(-c5cc(C(C)C)cc(C(C)C)c5)c2=C1C34. The molecule has 0 spiro atoms. The van der Waals surface area contributed by atoms with Crippen LogP contribution in [0.1, 0.15) is 99.5 Å². The molecule has 2 atom stereocenters. The van der Waals surface area contributed by atoms with Gasteiger partial charge < -0.3 is 0 Å². The zero-order chi connectivity index (χ0) is 19.0. The summed E-state index contributed by atoms with van der Waals surface area (Å²) in [5, 5.41) is 1.73. The lowest BCUT2D eigenvalue weighted by atomic mass is 9.89. The first kappa shape index (κ1) is 17.6. The van der Waals surface area contributed by atoms with Gasteiger partial charge in [-0.3, -0.25) is 0 Å². The molecule has 0 radical (unpaired) electrons. The van der Waals surface area contributed by atoms with Crippen molar-refractivity contribution < 1.29 is 0 Å². The second kappa shape index (κ2) is 6.01. The third-order valence-electron chi connectivity index (χ3n) is 7.22. The highest BCUT2D eigenvalue weighted by Gasteiger charge is 2.50. The molecule has 6 bridgehead atoms. The minimum absolute atomic E-state index is 0.448. The standard InChI is InChI=1S/C26H32Si/c1-7-8-9-19-22-24-20-15(6)26(27-19)25(22)21(23(20)24)18-11-16(13(2)3)10-17(12-18)14(4)5/h10-14,19,24,27H,7-9H2,1-6H3. The summed E-state index contributed by atoms with van der Waals surface area (Å²) in [6, 6.07) is 7.46. The van der Waals surface area contributed by atoms with Crippen LogP contribution in [-0.4, -0.2) is 9.13 Å². The second-order valence-electron chi connectivity index (χ2n) is 9.62. The van der Waals surface area contributed by atoms with E-state index in [-0.39, 0.29) is 0 Å². The molecule has 0 fully saturated rings. The van der Waals surface area contributed by atoms with Gasteiger partial charge in [-0.1, -0.05) is 65.7 Å². The molecule has 1 heteroatoms. The molecule has 27 heavy (non-hydrogen) atoms. The van der Waals surface area contributed by atoms with Crippen LogP contribution in [0.4, 0.5) is 0 Å². The van der Waals surface area contributed by atoms with E-state index >= 15 is 0 Å². The number of hydrogen-bond donors (Lipinski definition) is 0. The Hall–Kier alpha value is -1.47. The van der Waals surface area contributed by atoms with Gasteiger partial charge in [-0.2, -0.15) is 0 Å². The summed E-state index contributed by atoms with van der Waals surface area (Å²) in [7, 11) is 0.448. The molecule has 0 amide bonds. The monoisotopic (exact) mass is 372 g/mol. The van der Waals surface area contributed by atoms with Crippen molar-refractivity contribution in [2.75, 3.05) is 0 Å². The van der Waals surface area contributed by atoms with Gasteiger partial charge in [-0.15, -0.1) is 0 Å². The third kappa shape index (κ3) is 2.37. The average molecular weight is 373 g/mol. The van der Waals surface area contributed by atoms with Crippen molar-refractivity contribution in [1.29, 1.82) is 0 Å². The van der Waals surface area contributed by atoms with E-state index in [4.69, 9.17) is 0 Å². The van der Waals surface area contributed by atoms with E-state index in [1.807, 2.05) is 5.57 Å². The summed E-state index contributed by atoms with van der Waals surface area (Å²) in [4.78, 5) is 1.79. The van der Waals surface area contributed by atoms with Crippen LogP contribution in [0.5, 0.6) is 0 Å². The van der Waals surface area contributed by atoms with E-state index in [2.05, 4.69) is 59.7 Å². The molecule has 0 saturated carbocycles. The van der Waals surface area contributed by atoms with E-state index in [0.29, 0.717) is 21.0 Å². The predicted molar refractivity (Wildman–Crippen MR) is 119 cm³/mol. The van der Waals surface area contributed by atoms with Crippen LogP contribution in [0.3, 0.4) is 0 Å². The van der Waals surface area contributed by atoms with E-state index in [1.54, 1.807) is 32.3 Å². The number of unbranched alkanes of at least 4 members (excludes halogenated alkanes) is 1. The van der Waals surface area contributed by atoms with E-state index in [9.17, 15) is 0 Å². The first-order valence-electron chi connectivity index (χ1n) is 11.0. The van der Waals surface area contributed by atoms with Crippen LogP contribution in [0, 0.1) is 11.7 Å². The quantitative estimate of drug-likeness (QED) is 0.530. The van der Waals surface area contributed by atoms with Crippen molar-refractivity contribution in [3.8, 4) is 11.1 Å². The summed E-state index contributed by atoms with van der Waals surface area (Å²) in [6.45, 7) is 14.1. The van der Waals surface area contributed by atoms with Gasteiger partial charge in [0.2, 0.25) is 0 Å². The van der Waals surface area contributed by atoms with Gasteiger partial charge in [0.15, 0.2) is 0 Å². The molecule has 6 rings (SSSR count). The lowest BCUT2D eigenvalue weighted by molar-refractivity contribution is 0.728. The van der Waals surface area contributed by atoms with Crippen LogP contribution in [0.25, 0.3) is 16.7 Å². The molecule has 3 aliphatic carbocycles. The van der Waals surface area contributed by atoms with E-state index in [1.165, 1.54) is 36.0 Å². The van der Waals surface area contributed by atoms with Crippen molar-refractivity contribution in [3.05, 3.63) is 56.0 Å². The molecule has 140 valence electrons. The first-order chi connectivity index (χ1) is 12.9. The first-order valence-corrected chi connectivity index (χ1v) is 12.3. The molecule has 0 saturated heterocycles. The normalized spacial score (nSPS) is 20.8. The Labute approximate surface area is 166 Å². The van der Waals surface area contributed by atoms with Crippen molar-refractivity contribution in [1.82, 2.24) is 0 Å². The van der Waals surface area contributed by atoms with Crippen molar-refractivity contribution in [2.45, 2.75) is 84.1 Å². The van der Waals surface area contributed by atoms with E-state index in [0.717, 1.165) is 11.5 Å². The largest absolute Gasteiger partial charge is 0.0654 e. The maximum atomic E-state index is 2.51. The minimum atomic E-state index is 0.448. The maximum Gasteiger partial charge on any atom is 0.0326 e. The van der Waals surface area contributed by atoms with Gasteiger partial charge in [0.1, 0.15) is 0 Å². The zero-order valence-corrected chi connectivity index (χ0v) is 18.9. The van der Waals surface area contributed by atoms with Gasteiger partial charge >= 0.3 is 0 Å². The van der Waals surface area contributed by atoms with Crippen LogP contribution < -0.4 is 5.22 Å². The summed E-state index contributed by atoms with van der Waals surface area (Å²) >= 11 is 0. The third-order valence-corrected chi connectivity index (χ3v) is 9.37. The summed E-state index contributed by atoms with van der Waals surface area (Å²) < 4.78 is 0. The van der Waals surface area contributed by atoms with Gasteiger partial charge in [-0.05, 0) is 85.3 Å². The lowest BCUT2D eigenvalue weighted by Gasteiger charge is -2.15. The molecule has 0 N–H and O–H groups in total. The fourth-order valence-corrected chi connectivity index (χ4v) is 7.85. The lowest BCUT2D eigenvalue weighted by Crippen LogP contribution is -2.11. The summed E-state index contributed by atoms with van der Waals surface area (Å²) in [5.74, 6) is 1.92. The molecule has 1 aliphatic heterocycles. The van der Waals surface area contributed by atoms with Gasteiger partial charge in [0.25, 0.3) is 0 Å². The van der Waals surface area contributed by atoms with Crippen molar-refractivity contribution >= 4 is 14.7 Å². The number of rotatable bonds is 6. The number of hydrogen-bond acceptors (Lipinski definition) is 0. The molecular weight excluding hydrogens is 340 g/mol. The maximum absolute atomic E-state index is 2.51. The fraction of sp³-hybridized carbons (Fsp3) is 0.500. The fourth-order valence-electron chi connectivity index (χ4n) is 5.63. The van der Waals surface area contributed by atoms with Crippen LogP contribution in [-0.2, 0) is 0 Å². The highest BCUT2D eigenvalue weighted by atomic mass is 28.2.